The second kappa shape index (κ2) is 12.1. The van der Waals surface area contributed by atoms with Gasteiger partial charge in [-0.2, -0.15) is 0 Å². The van der Waals surface area contributed by atoms with Crippen molar-refractivity contribution in [1.82, 2.24) is 19.8 Å². The van der Waals surface area contributed by atoms with Gasteiger partial charge in [0.25, 0.3) is 0 Å². The Morgan fingerprint density at radius 3 is 2.46 bits per heavy atom. The fraction of sp³-hybridized carbons (Fsp3) is 0.519. The highest BCUT2D eigenvalue weighted by Gasteiger charge is 2.36. The first-order chi connectivity index (χ1) is 18.6. The zero-order valence-corrected chi connectivity index (χ0v) is 22.2. The highest BCUT2D eigenvalue weighted by Crippen LogP contribution is 2.40. The molecule has 0 radical (unpaired) electrons. The summed E-state index contributed by atoms with van der Waals surface area (Å²) in [7, 11) is 0. The first-order valence-corrected chi connectivity index (χ1v) is 13.3. The number of hydrogen-bond acceptors (Lipinski definition) is 7. The van der Waals surface area contributed by atoms with Gasteiger partial charge in [0.05, 0.1) is 18.5 Å². The molecule has 39 heavy (non-hydrogen) atoms. The van der Waals surface area contributed by atoms with E-state index >= 15 is 0 Å². The summed E-state index contributed by atoms with van der Waals surface area (Å²) in [4.78, 5) is 19.4. The minimum Gasteiger partial charge on any atom is -0.394 e. The Balaban J connectivity index is 1.64. The molecule has 1 aromatic heterocycles. The molecule has 1 saturated carbocycles. The van der Waals surface area contributed by atoms with Crippen LogP contribution < -0.4 is 16.0 Å². The zero-order chi connectivity index (χ0) is 28.3. The monoisotopic (exact) mass is 547 g/mol. The second-order valence-corrected chi connectivity index (χ2v) is 10.5. The average Bonchev–Trinajstić information content (AvgIpc) is 3.49. The molecule has 1 aromatic carbocycles. The lowest BCUT2D eigenvalue weighted by molar-refractivity contribution is -0.138. The highest BCUT2D eigenvalue weighted by atomic mass is 19.1. The van der Waals surface area contributed by atoms with E-state index in [0.717, 1.165) is 19.1 Å². The number of anilines is 3. The third kappa shape index (κ3) is 6.21. The number of carbonyl (C=O) groups is 1. The van der Waals surface area contributed by atoms with Gasteiger partial charge in [0, 0.05) is 42.9 Å². The molecule has 1 amide bonds. The summed E-state index contributed by atoms with van der Waals surface area (Å²) >= 11 is 0. The third-order valence-electron chi connectivity index (χ3n) is 7.33. The minimum atomic E-state index is -1.11. The fourth-order valence-electron chi connectivity index (χ4n) is 5.55. The first-order valence-electron chi connectivity index (χ1n) is 13.3. The van der Waals surface area contributed by atoms with E-state index < -0.39 is 23.1 Å². The van der Waals surface area contributed by atoms with Crippen LogP contribution in [0, 0.1) is 28.8 Å². The third-order valence-corrected chi connectivity index (χ3v) is 7.33. The predicted molar refractivity (Wildman–Crippen MR) is 144 cm³/mol. The lowest BCUT2D eigenvalue weighted by Gasteiger charge is -2.34. The number of nitrogens with zero attached hydrogens (tertiary/aromatic N) is 3. The summed E-state index contributed by atoms with van der Waals surface area (Å²) in [5.41, 5.74) is -0.342. The van der Waals surface area contributed by atoms with Crippen molar-refractivity contribution in [2.24, 2.45) is 5.92 Å². The van der Waals surface area contributed by atoms with Gasteiger partial charge >= 0.3 is 0 Å². The maximum absolute atomic E-state index is 14.5. The van der Waals surface area contributed by atoms with Crippen LogP contribution in [0.3, 0.4) is 0 Å². The lowest BCUT2D eigenvalue weighted by atomic mass is 9.84. The number of aliphatic hydroxyl groups excluding tert-OH is 1. The van der Waals surface area contributed by atoms with Gasteiger partial charge in [-0.15, -0.1) is 0 Å². The molecule has 1 saturated heterocycles. The fourth-order valence-corrected chi connectivity index (χ4v) is 5.55. The molecular weight excluding hydrogens is 511 g/mol. The molecule has 12 heteroatoms. The van der Waals surface area contributed by atoms with Crippen LogP contribution >= 0.6 is 0 Å². The molecule has 1 aliphatic carbocycles. The summed E-state index contributed by atoms with van der Waals surface area (Å²) in [5.74, 6) is -2.46. The molecule has 2 fully saturated rings. The molecule has 9 nitrogen and oxygen atoms in total. The van der Waals surface area contributed by atoms with Crippen LogP contribution in [0.4, 0.5) is 30.6 Å². The number of benzene rings is 1. The van der Waals surface area contributed by atoms with Crippen LogP contribution in [0.2, 0.25) is 0 Å². The molecule has 1 aliphatic heterocycles. The molecule has 2 aromatic rings. The van der Waals surface area contributed by atoms with Crippen LogP contribution in [0.15, 0.2) is 24.5 Å². The molecular formula is C27H36F3N7O2. The molecule has 0 bridgehead atoms. The number of likely N-dealkylation sites (tertiary alicyclic amines) is 1. The Morgan fingerprint density at radius 2 is 1.87 bits per heavy atom. The van der Waals surface area contributed by atoms with Crippen molar-refractivity contribution >= 4 is 29.6 Å². The molecule has 5 N–H and O–H groups in total. The summed E-state index contributed by atoms with van der Waals surface area (Å²) in [5, 5.41) is 26.5. The van der Waals surface area contributed by atoms with E-state index in [4.69, 9.17) is 5.41 Å². The highest BCUT2D eigenvalue weighted by molar-refractivity contribution is 5.84. The van der Waals surface area contributed by atoms with Gasteiger partial charge in [0.1, 0.15) is 23.0 Å². The number of amides is 1. The average molecular weight is 548 g/mol. The first kappa shape index (κ1) is 28.5. The van der Waals surface area contributed by atoms with Gasteiger partial charge in [-0.1, -0.05) is 6.58 Å². The van der Waals surface area contributed by atoms with Crippen LogP contribution in [0.5, 0.6) is 0 Å². The summed E-state index contributed by atoms with van der Waals surface area (Å²) in [6.07, 6.45) is 5.02. The number of rotatable bonds is 10. The largest absolute Gasteiger partial charge is 0.394 e. The molecule has 2 heterocycles. The molecule has 4 rings (SSSR count). The Kier molecular flexibility index (Phi) is 8.83. The second-order valence-electron chi connectivity index (χ2n) is 10.5. The van der Waals surface area contributed by atoms with Crippen LogP contribution in [-0.4, -0.2) is 56.9 Å². The van der Waals surface area contributed by atoms with Crippen LogP contribution in [0.1, 0.15) is 64.1 Å². The van der Waals surface area contributed by atoms with Crippen molar-refractivity contribution in [2.75, 3.05) is 23.8 Å². The number of hydrogen-bond donors (Lipinski definition) is 5. The Bertz CT molecular complexity index is 1200. The number of carbonyl (C=O) groups excluding carboxylic acids is 1. The SMILES string of the molecule is C=C(Nc1c(C=N)nc(Nc2c(F)cc(F)cc2F)n1C1CCC(C(=O)N2CCC[C@@H]2CO)CC1)NC(C)C. The van der Waals surface area contributed by atoms with Gasteiger partial charge in [-0.3, -0.25) is 9.36 Å². The van der Waals surface area contributed by atoms with Gasteiger partial charge in [0.2, 0.25) is 11.9 Å². The Morgan fingerprint density at radius 1 is 1.21 bits per heavy atom. The van der Waals surface area contributed by atoms with E-state index in [0.29, 0.717) is 56.0 Å². The number of imidazole rings is 1. The van der Waals surface area contributed by atoms with Gasteiger partial charge in [-0.05, 0) is 52.4 Å². The number of nitrogens with one attached hydrogen (secondary N) is 4. The lowest BCUT2D eigenvalue weighted by Crippen LogP contribution is -2.42. The van der Waals surface area contributed by atoms with Crippen molar-refractivity contribution in [3.8, 4) is 0 Å². The van der Waals surface area contributed by atoms with E-state index in [1.165, 1.54) is 0 Å². The van der Waals surface area contributed by atoms with E-state index in [1.807, 2.05) is 13.8 Å². The molecule has 0 spiro atoms. The number of aromatic nitrogens is 2. The number of aliphatic hydroxyl groups is 1. The Labute approximate surface area is 226 Å². The zero-order valence-electron chi connectivity index (χ0n) is 22.2. The van der Waals surface area contributed by atoms with E-state index in [1.54, 1.807) is 9.47 Å². The standard InChI is InChI=1S/C27H36F3N7O2/c1-15(2)32-16(3)33-25-23(13-31)34-27(35-24-21(29)11-18(28)12-22(24)30)37(25)19-8-6-17(7-9-19)26(39)36-10-4-5-20(36)14-38/h11-13,15,17,19-20,31-33,38H,3-10,14H2,1-2H3,(H,34,35)/t17?,19?,20-/m1/s1. The van der Waals surface area contributed by atoms with Crippen LogP contribution in [-0.2, 0) is 4.79 Å². The van der Waals surface area contributed by atoms with Crippen molar-refractivity contribution in [1.29, 1.82) is 5.41 Å². The molecule has 2 aliphatic rings. The predicted octanol–water partition coefficient (Wildman–Crippen LogP) is 4.64. The van der Waals surface area contributed by atoms with Crippen molar-refractivity contribution < 1.29 is 23.1 Å². The van der Waals surface area contributed by atoms with Gasteiger partial charge < -0.3 is 31.4 Å². The van der Waals surface area contributed by atoms with Crippen molar-refractivity contribution in [3.63, 3.8) is 0 Å². The van der Waals surface area contributed by atoms with E-state index in [-0.39, 0.29) is 48.2 Å². The van der Waals surface area contributed by atoms with Crippen molar-refractivity contribution in [3.05, 3.63) is 47.7 Å². The topological polar surface area (TPSA) is 118 Å². The molecule has 0 unspecified atom stereocenters. The van der Waals surface area contributed by atoms with E-state index in [2.05, 4.69) is 27.5 Å². The van der Waals surface area contributed by atoms with Crippen molar-refractivity contribution in [2.45, 2.75) is 70.5 Å². The van der Waals surface area contributed by atoms with Crippen LogP contribution in [0.25, 0.3) is 0 Å². The maximum Gasteiger partial charge on any atom is 0.226 e. The molecule has 1 atom stereocenters. The van der Waals surface area contributed by atoms with E-state index in [9.17, 15) is 23.1 Å². The quantitative estimate of drug-likeness (QED) is 0.277. The van der Waals surface area contributed by atoms with Gasteiger partial charge in [-0.25, -0.2) is 18.2 Å². The Hall–Kier alpha value is -3.54. The maximum atomic E-state index is 14.5. The summed E-state index contributed by atoms with van der Waals surface area (Å²) in [6.45, 7) is 8.47. The smallest absolute Gasteiger partial charge is 0.226 e. The van der Waals surface area contributed by atoms with Gasteiger partial charge in [0.15, 0.2) is 11.6 Å². The molecule has 212 valence electrons. The minimum absolute atomic E-state index is 0.0443. The normalized spacial score (nSPS) is 21.2. The summed E-state index contributed by atoms with van der Waals surface area (Å²) < 4.78 is 44.3. The number of halogens is 3. The summed E-state index contributed by atoms with van der Waals surface area (Å²) in [6, 6.07) is 0.882.